The minimum absolute atomic E-state index is 0.217. The SMILES string of the molecule is COc1ccc2c(c1)CCC/C2=N/OC(=O)OC(C)C. The molecule has 0 atom stereocenters. The molecule has 1 aromatic carbocycles. The fourth-order valence-electron chi connectivity index (χ4n) is 2.17. The van der Waals surface area contributed by atoms with E-state index in [-0.39, 0.29) is 6.10 Å². The van der Waals surface area contributed by atoms with Gasteiger partial charge in [0.25, 0.3) is 0 Å². The summed E-state index contributed by atoms with van der Waals surface area (Å²) < 4.78 is 10.1. The zero-order valence-corrected chi connectivity index (χ0v) is 12.0. The first-order valence-corrected chi connectivity index (χ1v) is 6.72. The van der Waals surface area contributed by atoms with E-state index in [9.17, 15) is 4.79 Å². The molecule has 0 heterocycles. The highest BCUT2D eigenvalue weighted by Crippen LogP contribution is 2.26. The summed E-state index contributed by atoms with van der Waals surface area (Å²) in [6, 6.07) is 5.83. The van der Waals surface area contributed by atoms with Crippen LogP contribution in [-0.2, 0) is 16.0 Å². The Balaban J connectivity index is 2.13. The van der Waals surface area contributed by atoms with Crippen LogP contribution in [0.4, 0.5) is 4.79 Å². The number of benzene rings is 1. The number of carbonyl (C=O) groups excluding carboxylic acids is 1. The number of rotatable bonds is 3. The number of ether oxygens (including phenoxy) is 2. The van der Waals surface area contributed by atoms with Crippen molar-refractivity contribution in [2.45, 2.75) is 39.2 Å². The second-order valence-corrected chi connectivity index (χ2v) is 4.92. The highest BCUT2D eigenvalue weighted by molar-refractivity contribution is 6.02. The molecule has 2 rings (SSSR count). The van der Waals surface area contributed by atoms with E-state index in [2.05, 4.69) is 5.16 Å². The van der Waals surface area contributed by atoms with Gasteiger partial charge in [-0.25, -0.2) is 4.79 Å². The zero-order chi connectivity index (χ0) is 14.5. The van der Waals surface area contributed by atoms with Crippen molar-refractivity contribution in [3.63, 3.8) is 0 Å². The van der Waals surface area contributed by atoms with Gasteiger partial charge in [0, 0.05) is 5.56 Å². The molecule has 1 aliphatic rings. The van der Waals surface area contributed by atoms with Crippen LogP contribution in [0.15, 0.2) is 23.4 Å². The topological polar surface area (TPSA) is 57.1 Å². The van der Waals surface area contributed by atoms with Crippen molar-refractivity contribution in [1.29, 1.82) is 0 Å². The molecule has 1 aliphatic carbocycles. The van der Waals surface area contributed by atoms with Crippen LogP contribution < -0.4 is 4.74 Å². The quantitative estimate of drug-likeness (QED) is 0.483. The summed E-state index contributed by atoms with van der Waals surface area (Å²) in [4.78, 5) is 16.1. The average Bonchev–Trinajstić information content (AvgIpc) is 2.43. The molecule has 5 nitrogen and oxygen atoms in total. The van der Waals surface area contributed by atoms with E-state index < -0.39 is 6.16 Å². The third-order valence-electron chi connectivity index (χ3n) is 3.05. The van der Waals surface area contributed by atoms with Gasteiger partial charge >= 0.3 is 6.16 Å². The third kappa shape index (κ3) is 3.50. The lowest BCUT2D eigenvalue weighted by Gasteiger charge is -2.18. The van der Waals surface area contributed by atoms with Crippen LogP contribution in [0.25, 0.3) is 0 Å². The Hall–Kier alpha value is -2.04. The molecule has 1 aromatic rings. The number of hydrogen-bond acceptors (Lipinski definition) is 5. The molecule has 0 radical (unpaired) electrons. The first-order valence-electron chi connectivity index (χ1n) is 6.72. The minimum Gasteiger partial charge on any atom is -0.497 e. The molecule has 0 unspecified atom stereocenters. The van der Waals surface area contributed by atoms with Gasteiger partial charge in [0.1, 0.15) is 5.75 Å². The van der Waals surface area contributed by atoms with Crippen molar-refractivity contribution in [1.82, 2.24) is 0 Å². The van der Waals surface area contributed by atoms with Gasteiger partial charge in [0.2, 0.25) is 0 Å². The van der Waals surface area contributed by atoms with Crippen molar-refractivity contribution in [2.24, 2.45) is 5.16 Å². The molecule has 0 fully saturated rings. The maximum absolute atomic E-state index is 11.3. The molecule has 5 heteroatoms. The van der Waals surface area contributed by atoms with Crippen molar-refractivity contribution in [3.05, 3.63) is 29.3 Å². The second-order valence-electron chi connectivity index (χ2n) is 4.92. The van der Waals surface area contributed by atoms with Crippen molar-refractivity contribution >= 4 is 11.9 Å². The largest absolute Gasteiger partial charge is 0.535 e. The molecule has 0 saturated carbocycles. The highest BCUT2D eigenvalue weighted by atomic mass is 16.8. The zero-order valence-electron chi connectivity index (χ0n) is 12.0. The lowest BCUT2D eigenvalue weighted by molar-refractivity contribution is 0.0361. The van der Waals surface area contributed by atoms with Gasteiger partial charge in [-0.1, -0.05) is 5.16 Å². The predicted octanol–water partition coefficient (Wildman–Crippen LogP) is 3.30. The Labute approximate surface area is 118 Å². The molecular formula is C15H19NO4. The monoisotopic (exact) mass is 277 g/mol. The molecule has 108 valence electrons. The Bertz CT molecular complexity index is 523. The number of aryl methyl sites for hydroxylation is 1. The standard InChI is InChI=1S/C15H19NO4/c1-10(2)19-15(17)20-16-14-6-4-5-11-9-12(18-3)7-8-13(11)14/h7-10H,4-6H2,1-3H3/b16-14-. The molecule has 0 spiro atoms. The Morgan fingerprint density at radius 1 is 1.30 bits per heavy atom. The van der Waals surface area contributed by atoms with Crippen molar-refractivity contribution in [2.75, 3.05) is 7.11 Å². The van der Waals surface area contributed by atoms with E-state index >= 15 is 0 Å². The molecular weight excluding hydrogens is 258 g/mol. The first kappa shape index (κ1) is 14.4. The number of methoxy groups -OCH3 is 1. The molecule has 0 aliphatic heterocycles. The minimum atomic E-state index is -0.770. The van der Waals surface area contributed by atoms with Crippen LogP contribution in [0.3, 0.4) is 0 Å². The van der Waals surface area contributed by atoms with Crippen LogP contribution >= 0.6 is 0 Å². The summed E-state index contributed by atoms with van der Waals surface area (Å²) >= 11 is 0. The molecule has 0 saturated heterocycles. The normalized spacial score (nSPS) is 15.9. The Kier molecular flexibility index (Phi) is 4.61. The van der Waals surface area contributed by atoms with Gasteiger partial charge in [-0.15, -0.1) is 0 Å². The summed E-state index contributed by atoms with van der Waals surface area (Å²) in [5.74, 6) is 0.824. The highest BCUT2D eigenvalue weighted by Gasteiger charge is 2.17. The number of fused-ring (bicyclic) bond motifs is 1. The van der Waals surface area contributed by atoms with Gasteiger partial charge in [-0.2, -0.15) is 0 Å². The smallest absolute Gasteiger partial charge is 0.497 e. The predicted molar refractivity (Wildman–Crippen MR) is 75.2 cm³/mol. The summed E-state index contributed by atoms with van der Waals surface area (Å²) in [6.45, 7) is 3.52. The van der Waals surface area contributed by atoms with E-state index in [1.54, 1.807) is 21.0 Å². The molecule has 0 N–H and O–H groups in total. The maximum Gasteiger partial charge on any atom is 0.535 e. The van der Waals surface area contributed by atoms with Gasteiger partial charge < -0.3 is 9.47 Å². The molecule has 20 heavy (non-hydrogen) atoms. The van der Waals surface area contributed by atoms with E-state index in [0.717, 1.165) is 41.9 Å². The third-order valence-corrected chi connectivity index (χ3v) is 3.05. The van der Waals surface area contributed by atoms with Crippen LogP contribution in [0.2, 0.25) is 0 Å². The Morgan fingerprint density at radius 2 is 2.10 bits per heavy atom. The summed E-state index contributed by atoms with van der Waals surface area (Å²) in [7, 11) is 1.64. The van der Waals surface area contributed by atoms with Crippen LogP contribution in [0, 0.1) is 0 Å². The lowest BCUT2D eigenvalue weighted by atomic mass is 9.90. The maximum atomic E-state index is 11.3. The summed E-state index contributed by atoms with van der Waals surface area (Å²) in [5, 5.41) is 3.93. The van der Waals surface area contributed by atoms with E-state index in [1.165, 1.54) is 0 Å². The Morgan fingerprint density at radius 3 is 2.80 bits per heavy atom. The fourth-order valence-corrected chi connectivity index (χ4v) is 2.17. The molecule has 0 aromatic heterocycles. The van der Waals surface area contributed by atoms with Gasteiger partial charge in [-0.05, 0) is 56.9 Å². The number of hydrogen-bond donors (Lipinski definition) is 0. The molecule has 0 amide bonds. The van der Waals surface area contributed by atoms with Crippen LogP contribution in [0.5, 0.6) is 5.75 Å². The van der Waals surface area contributed by atoms with E-state index in [1.807, 2.05) is 18.2 Å². The van der Waals surface area contributed by atoms with Crippen molar-refractivity contribution in [3.8, 4) is 5.75 Å². The van der Waals surface area contributed by atoms with Gasteiger partial charge in [0.15, 0.2) is 0 Å². The number of oxime groups is 1. The van der Waals surface area contributed by atoms with Crippen molar-refractivity contribution < 1.29 is 19.1 Å². The molecule has 0 bridgehead atoms. The fraction of sp³-hybridized carbons (Fsp3) is 0.467. The summed E-state index contributed by atoms with van der Waals surface area (Å²) in [6.07, 6.45) is 1.75. The lowest BCUT2D eigenvalue weighted by Crippen LogP contribution is -2.15. The van der Waals surface area contributed by atoms with E-state index in [4.69, 9.17) is 14.3 Å². The van der Waals surface area contributed by atoms with Gasteiger partial charge in [0.05, 0.1) is 18.9 Å². The van der Waals surface area contributed by atoms with E-state index in [0.29, 0.717) is 0 Å². The second kappa shape index (κ2) is 6.41. The van der Waals surface area contributed by atoms with Crippen LogP contribution in [0.1, 0.15) is 37.8 Å². The van der Waals surface area contributed by atoms with Gasteiger partial charge in [-0.3, -0.25) is 4.84 Å². The summed E-state index contributed by atoms with van der Waals surface area (Å²) in [5.41, 5.74) is 2.94. The first-order chi connectivity index (χ1) is 9.60. The number of carbonyl (C=O) groups is 1. The van der Waals surface area contributed by atoms with Crippen LogP contribution in [-0.4, -0.2) is 25.1 Å². The number of nitrogens with zero attached hydrogens (tertiary/aromatic N) is 1. The average molecular weight is 277 g/mol.